The van der Waals surface area contributed by atoms with Crippen LogP contribution in [0.1, 0.15) is 5.56 Å². The molecule has 58 valence electrons. The molecule has 0 N–H and O–H groups in total. The summed E-state index contributed by atoms with van der Waals surface area (Å²) in [6.45, 7) is 1.79. The lowest BCUT2D eigenvalue weighted by Crippen LogP contribution is -1.88. The Kier molecular flexibility index (Phi) is 2.48. The van der Waals surface area contributed by atoms with Gasteiger partial charge in [-0.1, -0.05) is 18.2 Å². The van der Waals surface area contributed by atoms with Gasteiger partial charge in [0.25, 0.3) is 0 Å². The van der Waals surface area contributed by atoms with Crippen molar-refractivity contribution in [3.8, 4) is 0 Å². The molecule has 1 unspecified atom stereocenters. The summed E-state index contributed by atoms with van der Waals surface area (Å²) in [6.07, 6.45) is 0. The molecule has 0 aromatic heterocycles. The van der Waals surface area contributed by atoms with Crippen LogP contribution in [-0.4, -0.2) is 4.21 Å². The van der Waals surface area contributed by atoms with Gasteiger partial charge in [0.2, 0.25) is 11.0 Å². The average Bonchev–Trinajstić information content (AvgIpc) is 2.04. The van der Waals surface area contributed by atoms with E-state index in [4.69, 9.17) is 0 Å². The lowest BCUT2D eigenvalue weighted by Gasteiger charge is -1.96. The number of nitroso groups, excluding NO2 is 1. The molecule has 0 saturated carbocycles. The van der Waals surface area contributed by atoms with E-state index >= 15 is 0 Å². The quantitative estimate of drug-likeness (QED) is 0.633. The molecule has 0 aliphatic rings. The molecule has 1 aromatic rings. The molecule has 0 aliphatic heterocycles. The summed E-state index contributed by atoms with van der Waals surface area (Å²) < 4.78 is 13.3. The number of rotatable bonds is 2. The molecular weight excluding hydrogens is 162 g/mol. The molecule has 0 heterocycles. The summed E-state index contributed by atoms with van der Waals surface area (Å²) in [7, 11) is -1.73. The molecule has 1 rings (SSSR count). The van der Waals surface area contributed by atoms with Crippen LogP contribution in [0.2, 0.25) is 0 Å². The maximum atomic E-state index is 10.9. The van der Waals surface area contributed by atoms with Crippen molar-refractivity contribution in [3.63, 3.8) is 0 Å². The Balaban J connectivity index is 3.13. The van der Waals surface area contributed by atoms with Crippen LogP contribution in [0.25, 0.3) is 0 Å². The van der Waals surface area contributed by atoms with Crippen molar-refractivity contribution in [2.75, 3.05) is 0 Å². The predicted octanol–water partition coefficient (Wildman–Crippen LogP) is 1.78. The highest BCUT2D eigenvalue weighted by Gasteiger charge is 2.04. The van der Waals surface area contributed by atoms with E-state index in [1.54, 1.807) is 25.1 Å². The lowest BCUT2D eigenvalue weighted by atomic mass is 10.2. The van der Waals surface area contributed by atoms with Crippen LogP contribution in [0.15, 0.2) is 33.7 Å². The van der Waals surface area contributed by atoms with E-state index < -0.39 is 11.0 Å². The van der Waals surface area contributed by atoms with Crippen molar-refractivity contribution >= 4 is 11.0 Å². The fourth-order valence-electron chi connectivity index (χ4n) is 0.793. The molecule has 4 heteroatoms. The fraction of sp³-hybridized carbons (Fsp3) is 0.143. The van der Waals surface area contributed by atoms with Crippen LogP contribution < -0.4 is 0 Å². The first kappa shape index (κ1) is 8.07. The van der Waals surface area contributed by atoms with Crippen LogP contribution in [0.3, 0.4) is 0 Å². The summed E-state index contributed by atoms with van der Waals surface area (Å²) in [5, 5.41) is 0. The molecule has 0 bridgehead atoms. The van der Waals surface area contributed by atoms with E-state index in [9.17, 15) is 9.12 Å². The van der Waals surface area contributed by atoms with Crippen LogP contribution in [-0.2, 0) is 11.0 Å². The zero-order valence-electron chi connectivity index (χ0n) is 5.98. The molecule has 0 saturated heterocycles. The zero-order chi connectivity index (χ0) is 8.27. The topological polar surface area (TPSA) is 46.5 Å². The van der Waals surface area contributed by atoms with Crippen LogP contribution >= 0.6 is 0 Å². The van der Waals surface area contributed by atoms with E-state index in [0.717, 1.165) is 5.56 Å². The Morgan fingerprint density at radius 2 is 2.00 bits per heavy atom. The van der Waals surface area contributed by atoms with Crippen LogP contribution in [0, 0.1) is 11.8 Å². The number of nitrogens with zero attached hydrogens (tertiary/aromatic N) is 1. The minimum absolute atomic E-state index is 0.488. The first-order valence-electron chi connectivity index (χ1n) is 3.06. The van der Waals surface area contributed by atoms with Crippen molar-refractivity contribution in [2.45, 2.75) is 11.8 Å². The van der Waals surface area contributed by atoms with Gasteiger partial charge >= 0.3 is 0 Å². The highest BCUT2D eigenvalue weighted by Crippen LogP contribution is 2.12. The summed E-state index contributed by atoms with van der Waals surface area (Å²) in [5.74, 6) is 0. The largest absolute Gasteiger partial charge is 0.226 e. The second-order valence-corrected chi connectivity index (χ2v) is 3.18. The summed E-state index contributed by atoms with van der Waals surface area (Å²) in [5.41, 5.74) is 0.824. The van der Waals surface area contributed by atoms with Gasteiger partial charge in [-0.3, -0.25) is 0 Å². The fourth-order valence-corrected chi connectivity index (χ4v) is 1.41. The van der Waals surface area contributed by atoms with Gasteiger partial charge in [0.1, 0.15) is 0 Å². The minimum Gasteiger partial charge on any atom is -0.226 e. The standard InChI is InChI=1S/C7H7NO2S/c1-6-4-2-3-5-7(6)11(10)8-9/h2-5H,1H3. The van der Waals surface area contributed by atoms with Crippen LogP contribution in [0.4, 0.5) is 0 Å². The van der Waals surface area contributed by atoms with E-state index in [0.29, 0.717) is 4.90 Å². The van der Waals surface area contributed by atoms with Gasteiger partial charge in [-0.25, -0.2) is 4.21 Å². The van der Waals surface area contributed by atoms with E-state index in [2.05, 4.69) is 4.58 Å². The van der Waals surface area contributed by atoms with Gasteiger partial charge in [-0.2, -0.15) is 0 Å². The zero-order valence-corrected chi connectivity index (χ0v) is 6.80. The van der Waals surface area contributed by atoms with E-state index in [-0.39, 0.29) is 0 Å². The van der Waals surface area contributed by atoms with Crippen molar-refractivity contribution in [1.29, 1.82) is 0 Å². The molecule has 0 amide bonds. The normalized spacial score (nSPS) is 12.5. The molecule has 0 aliphatic carbocycles. The Morgan fingerprint density at radius 3 is 2.55 bits per heavy atom. The summed E-state index contributed by atoms with van der Waals surface area (Å²) in [4.78, 5) is 10.4. The minimum atomic E-state index is -1.73. The second kappa shape index (κ2) is 3.39. The maximum absolute atomic E-state index is 10.9. The first-order valence-corrected chi connectivity index (χ1v) is 4.17. The number of benzene rings is 1. The highest BCUT2D eigenvalue weighted by molar-refractivity contribution is 7.83. The monoisotopic (exact) mass is 169 g/mol. The molecule has 11 heavy (non-hydrogen) atoms. The smallest absolute Gasteiger partial charge is 0.213 e. The first-order chi connectivity index (χ1) is 5.25. The third kappa shape index (κ3) is 1.71. The molecule has 1 aromatic carbocycles. The third-order valence-corrected chi connectivity index (χ3v) is 2.32. The molecule has 0 spiro atoms. The maximum Gasteiger partial charge on any atom is 0.213 e. The SMILES string of the molecule is Cc1ccccc1S(=O)N=O. The van der Waals surface area contributed by atoms with Crippen molar-refractivity contribution in [2.24, 2.45) is 4.58 Å². The van der Waals surface area contributed by atoms with Gasteiger partial charge in [0.05, 0.1) is 4.90 Å². The number of hydrogen-bond donors (Lipinski definition) is 0. The molecule has 0 radical (unpaired) electrons. The number of aryl methyl sites for hydroxylation is 1. The highest BCUT2D eigenvalue weighted by atomic mass is 32.2. The Bertz CT molecular complexity index is 298. The molecule has 1 atom stereocenters. The predicted molar refractivity (Wildman–Crippen MR) is 43.4 cm³/mol. The molecule has 3 nitrogen and oxygen atoms in total. The Hall–Kier alpha value is -1.03. The van der Waals surface area contributed by atoms with Crippen molar-refractivity contribution in [3.05, 3.63) is 34.7 Å². The van der Waals surface area contributed by atoms with Crippen LogP contribution in [0.5, 0.6) is 0 Å². The summed E-state index contributed by atoms with van der Waals surface area (Å²) in [6, 6.07) is 6.97. The van der Waals surface area contributed by atoms with Gasteiger partial charge < -0.3 is 0 Å². The summed E-state index contributed by atoms with van der Waals surface area (Å²) >= 11 is 0. The van der Waals surface area contributed by atoms with Gasteiger partial charge in [0.15, 0.2) is 0 Å². The Labute approximate surface area is 67.0 Å². The van der Waals surface area contributed by atoms with Gasteiger partial charge in [-0.15, -0.1) is 4.91 Å². The van der Waals surface area contributed by atoms with Gasteiger partial charge in [0, 0.05) is 4.58 Å². The molecule has 0 fully saturated rings. The average molecular weight is 169 g/mol. The van der Waals surface area contributed by atoms with Gasteiger partial charge in [-0.05, 0) is 18.6 Å². The Morgan fingerprint density at radius 1 is 1.36 bits per heavy atom. The molecular formula is C7H7NO2S. The number of hydrogen-bond acceptors (Lipinski definition) is 2. The third-order valence-electron chi connectivity index (χ3n) is 1.35. The second-order valence-electron chi connectivity index (χ2n) is 2.09. The lowest BCUT2D eigenvalue weighted by molar-refractivity contribution is 0.683. The van der Waals surface area contributed by atoms with Crippen molar-refractivity contribution in [1.82, 2.24) is 0 Å². The van der Waals surface area contributed by atoms with Crippen molar-refractivity contribution < 1.29 is 4.21 Å². The van der Waals surface area contributed by atoms with E-state index in [1.807, 2.05) is 6.07 Å². The van der Waals surface area contributed by atoms with E-state index in [1.165, 1.54) is 0 Å².